The Morgan fingerprint density at radius 1 is 1.08 bits per heavy atom. The quantitative estimate of drug-likeness (QED) is 0.166. The SMILES string of the molecule is C[C@H]1[C@H]([Si](C)(C)F)[C@@H](CC(=O)N2CCC[C@H]2CO)O[C@]12C(=O)N(Cc1ccc(N3CCCCCCC3=O)cc1)c1ccc([N+](=O)[O-])cc12. The van der Waals surface area contributed by atoms with E-state index >= 15 is 4.11 Å². The molecule has 3 amide bonds. The molecule has 4 aliphatic rings. The second-order valence-corrected chi connectivity index (χ2v) is 18.1. The van der Waals surface area contributed by atoms with Crippen molar-refractivity contribution in [2.75, 3.05) is 29.5 Å². The van der Waals surface area contributed by atoms with Crippen molar-refractivity contribution in [3.8, 4) is 0 Å². The third kappa shape index (κ3) is 6.04. The third-order valence-corrected chi connectivity index (χ3v) is 13.3. The van der Waals surface area contributed by atoms with Gasteiger partial charge in [0.25, 0.3) is 11.6 Å². The lowest BCUT2D eigenvalue weighted by atomic mass is 9.82. The van der Waals surface area contributed by atoms with Gasteiger partial charge < -0.3 is 28.7 Å². The summed E-state index contributed by atoms with van der Waals surface area (Å²) in [7, 11) is -3.58. The maximum atomic E-state index is 16.3. The molecule has 6 rings (SSSR count). The summed E-state index contributed by atoms with van der Waals surface area (Å²) in [4.78, 5) is 57.4. The van der Waals surface area contributed by atoms with E-state index in [0.717, 1.165) is 43.4 Å². The minimum Gasteiger partial charge on any atom is -0.394 e. The molecule has 0 saturated carbocycles. The summed E-state index contributed by atoms with van der Waals surface area (Å²) in [5.74, 6) is -1.32. The van der Waals surface area contributed by atoms with Gasteiger partial charge in [-0.2, -0.15) is 0 Å². The number of benzene rings is 2. The predicted octanol–water partition coefficient (Wildman–Crippen LogP) is 5.59. The molecule has 4 aliphatic heterocycles. The molecule has 0 radical (unpaired) electrons. The Morgan fingerprint density at radius 2 is 1.81 bits per heavy atom. The van der Waals surface area contributed by atoms with Crippen molar-refractivity contribution in [2.24, 2.45) is 5.92 Å². The highest BCUT2D eigenvalue weighted by atomic mass is 28.4. The van der Waals surface area contributed by atoms with Crippen LogP contribution < -0.4 is 9.80 Å². The number of amides is 3. The van der Waals surface area contributed by atoms with E-state index in [0.29, 0.717) is 37.2 Å². The summed E-state index contributed by atoms with van der Waals surface area (Å²) in [6.07, 6.45) is 4.83. The van der Waals surface area contributed by atoms with E-state index < -0.39 is 42.4 Å². The number of hydrogen-bond acceptors (Lipinski definition) is 7. The number of hydrogen-bond donors (Lipinski definition) is 1. The number of ether oxygens (including phenoxy) is 1. The molecule has 0 unspecified atom stereocenters. The van der Waals surface area contributed by atoms with Gasteiger partial charge in [0.2, 0.25) is 20.2 Å². The average molecular weight is 681 g/mol. The van der Waals surface area contributed by atoms with Crippen molar-refractivity contribution < 1.29 is 33.3 Å². The van der Waals surface area contributed by atoms with E-state index in [4.69, 9.17) is 4.74 Å². The first-order valence-electron chi connectivity index (χ1n) is 17.1. The van der Waals surface area contributed by atoms with E-state index in [-0.39, 0.29) is 43.1 Å². The van der Waals surface area contributed by atoms with Crippen LogP contribution in [0.15, 0.2) is 42.5 Å². The van der Waals surface area contributed by atoms with Crippen molar-refractivity contribution in [3.63, 3.8) is 0 Å². The molecule has 4 heterocycles. The summed E-state index contributed by atoms with van der Waals surface area (Å²) in [5.41, 5.74) is -0.337. The number of carbonyl (C=O) groups excluding carboxylic acids is 3. The summed E-state index contributed by atoms with van der Waals surface area (Å²) < 4.78 is 22.9. The van der Waals surface area contributed by atoms with Gasteiger partial charge >= 0.3 is 0 Å². The Bertz CT molecular complexity index is 1580. The highest BCUT2D eigenvalue weighted by Crippen LogP contribution is 2.60. The normalized spacial score (nSPS) is 27.8. The van der Waals surface area contributed by atoms with Gasteiger partial charge in [0, 0.05) is 54.4 Å². The van der Waals surface area contributed by atoms with Crippen LogP contribution in [0.1, 0.15) is 69.4 Å². The smallest absolute Gasteiger partial charge is 0.269 e. The molecule has 13 heteroatoms. The van der Waals surface area contributed by atoms with Crippen molar-refractivity contribution in [3.05, 3.63) is 63.7 Å². The van der Waals surface area contributed by atoms with Crippen LogP contribution in [-0.2, 0) is 31.3 Å². The van der Waals surface area contributed by atoms with E-state index in [1.165, 1.54) is 12.1 Å². The summed E-state index contributed by atoms with van der Waals surface area (Å²) in [6.45, 7) is 5.97. The van der Waals surface area contributed by atoms with E-state index in [1.807, 2.05) is 29.2 Å². The van der Waals surface area contributed by atoms with Gasteiger partial charge in [0.1, 0.15) is 0 Å². The second kappa shape index (κ2) is 13.3. The maximum absolute atomic E-state index is 16.3. The molecule has 0 aromatic heterocycles. The van der Waals surface area contributed by atoms with E-state index in [2.05, 4.69) is 0 Å². The Hall–Kier alpha value is -3.68. The van der Waals surface area contributed by atoms with Crippen molar-refractivity contribution in [2.45, 2.75) is 101 Å². The van der Waals surface area contributed by atoms with Gasteiger partial charge in [0.15, 0.2) is 5.60 Å². The van der Waals surface area contributed by atoms with Crippen LogP contribution in [0.25, 0.3) is 0 Å². The van der Waals surface area contributed by atoms with Crippen LogP contribution >= 0.6 is 0 Å². The fourth-order valence-electron chi connectivity index (χ4n) is 8.55. The molecule has 11 nitrogen and oxygen atoms in total. The number of nitro groups is 1. The first kappa shape index (κ1) is 34.2. The first-order chi connectivity index (χ1) is 22.9. The molecule has 1 spiro atoms. The number of non-ortho nitro benzene ring substituents is 1. The van der Waals surface area contributed by atoms with Crippen LogP contribution in [0.3, 0.4) is 0 Å². The van der Waals surface area contributed by atoms with E-state index in [9.17, 15) is 29.6 Å². The lowest BCUT2D eigenvalue weighted by Gasteiger charge is -2.31. The van der Waals surface area contributed by atoms with E-state index in [1.54, 1.807) is 35.9 Å². The molecule has 2 aromatic carbocycles. The van der Waals surface area contributed by atoms with Crippen LogP contribution in [0.4, 0.5) is 21.2 Å². The average Bonchev–Trinajstić information content (AvgIpc) is 3.70. The summed E-state index contributed by atoms with van der Waals surface area (Å²) in [6, 6.07) is 11.5. The fraction of sp³-hybridized carbons (Fsp3) is 0.571. The predicted molar refractivity (Wildman–Crippen MR) is 181 cm³/mol. The molecule has 3 saturated heterocycles. The number of aliphatic hydroxyl groups is 1. The number of carbonyl (C=O) groups is 3. The van der Waals surface area contributed by atoms with Gasteiger partial charge in [-0.1, -0.05) is 31.9 Å². The number of nitro benzene ring substituents is 1. The maximum Gasteiger partial charge on any atom is 0.269 e. The Labute approximate surface area is 281 Å². The zero-order valence-electron chi connectivity index (χ0n) is 27.9. The van der Waals surface area contributed by atoms with Crippen molar-refractivity contribution >= 4 is 43.2 Å². The molecule has 2 aromatic rings. The van der Waals surface area contributed by atoms with Gasteiger partial charge in [-0.25, -0.2) is 0 Å². The van der Waals surface area contributed by atoms with Gasteiger partial charge in [-0.3, -0.25) is 24.5 Å². The molecule has 5 atom stereocenters. The van der Waals surface area contributed by atoms with Crippen LogP contribution in [-0.4, -0.2) is 72.9 Å². The van der Waals surface area contributed by atoms with Crippen LogP contribution in [0.2, 0.25) is 18.6 Å². The monoisotopic (exact) mass is 680 g/mol. The lowest BCUT2D eigenvalue weighted by molar-refractivity contribution is -0.385. The highest BCUT2D eigenvalue weighted by molar-refractivity contribution is 6.72. The van der Waals surface area contributed by atoms with Gasteiger partial charge in [0.05, 0.1) is 42.3 Å². The van der Waals surface area contributed by atoms with Crippen LogP contribution in [0.5, 0.6) is 0 Å². The molecule has 1 N–H and O–H groups in total. The van der Waals surface area contributed by atoms with Crippen molar-refractivity contribution in [1.29, 1.82) is 0 Å². The number of nitrogens with zero attached hydrogens (tertiary/aromatic N) is 4. The number of aliphatic hydroxyl groups excluding tert-OH is 1. The van der Waals surface area contributed by atoms with Crippen LogP contribution in [0, 0.1) is 16.0 Å². The molecule has 0 bridgehead atoms. The second-order valence-electron chi connectivity index (χ2n) is 14.3. The Morgan fingerprint density at radius 3 is 2.50 bits per heavy atom. The summed E-state index contributed by atoms with van der Waals surface area (Å²) >= 11 is 0. The minimum absolute atomic E-state index is 0.0977. The van der Waals surface area contributed by atoms with Gasteiger partial charge in [-0.05, 0) is 62.5 Å². The topological polar surface area (TPSA) is 134 Å². The number of fused-ring (bicyclic) bond motifs is 2. The zero-order valence-corrected chi connectivity index (χ0v) is 28.9. The standard InChI is InChI=1S/C35H45FN4O7Si/c1-23-33(48(2,3)36)30(20-32(43)38-18-8-9-27(38)22-41)47-35(23)28-19-26(40(45)46)15-16-29(28)39(34(35)44)21-24-11-13-25(14-12-24)37-17-7-5-4-6-10-31(37)42/h11-16,19,23,27,30,33,41H,4-10,17-18,20-22H2,1-3H3/t23-,27-,30+,33-,35+/m0/s1. The molecule has 258 valence electrons. The number of rotatable bonds is 8. The number of halogens is 1. The molecule has 3 fully saturated rings. The molecular weight excluding hydrogens is 635 g/mol. The molecule has 0 aliphatic carbocycles. The third-order valence-electron chi connectivity index (χ3n) is 10.9. The van der Waals surface area contributed by atoms with Gasteiger partial charge in [-0.15, -0.1) is 0 Å². The highest BCUT2D eigenvalue weighted by Gasteiger charge is 2.67. The first-order valence-corrected chi connectivity index (χ1v) is 20.1. The summed E-state index contributed by atoms with van der Waals surface area (Å²) in [5, 5.41) is 21.7. The number of likely N-dealkylation sites (tertiary alicyclic amines) is 1. The number of anilines is 2. The molecule has 48 heavy (non-hydrogen) atoms. The minimum atomic E-state index is -3.58. The lowest BCUT2D eigenvalue weighted by Crippen LogP contribution is -2.45. The Kier molecular flexibility index (Phi) is 9.49. The largest absolute Gasteiger partial charge is 0.394 e. The Balaban J connectivity index is 1.33. The zero-order chi connectivity index (χ0) is 34.4. The fourth-order valence-corrected chi connectivity index (χ4v) is 11.0. The molecular formula is C35H45FN4O7Si. The van der Waals surface area contributed by atoms with Crippen molar-refractivity contribution in [1.82, 2.24) is 4.90 Å².